The van der Waals surface area contributed by atoms with Crippen LogP contribution in [0.15, 0.2) is 43.1 Å². The number of amides is 1. The quantitative estimate of drug-likeness (QED) is 0.197. The summed E-state index contributed by atoms with van der Waals surface area (Å²) in [5.74, 6) is 0.321. The summed E-state index contributed by atoms with van der Waals surface area (Å²) < 4.78 is 65.8. The Labute approximate surface area is 264 Å². The fourth-order valence-electron chi connectivity index (χ4n) is 5.19. The minimum Gasteiger partial charge on any atom is -0.467 e. The summed E-state index contributed by atoms with van der Waals surface area (Å²) in [6.07, 6.45) is 3.94. The van der Waals surface area contributed by atoms with Crippen molar-refractivity contribution < 1.29 is 31.8 Å². The van der Waals surface area contributed by atoms with Crippen LogP contribution in [0, 0.1) is 0 Å². The lowest BCUT2D eigenvalue weighted by Gasteiger charge is -2.36. The van der Waals surface area contributed by atoms with Crippen molar-refractivity contribution in [3.05, 3.63) is 53.7 Å². The van der Waals surface area contributed by atoms with Gasteiger partial charge in [0.2, 0.25) is 5.95 Å². The Morgan fingerprint density at radius 2 is 1.76 bits per heavy atom. The first-order chi connectivity index (χ1) is 22.0. The number of pyridine rings is 1. The van der Waals surface area contributed by atoms with Gasteiger partial charge in [-0.05, 0) is 50.7 Å². The molecular weight excluding hydrogens is 634 g/mol. The van der Waals surface area contributed by atoms with E-state index in [2.05, 4.69) is 40.4 Å². The highest BCUT2D eigenvalue weighted by atomic mass is 35.5. The molecule has 0 spiro atoms. The van der Waals surface area contributed by atoms with Crippen molar-refractivity contribution in [3.63, 3.8) is 0 Å². The van der Waals surface area contributed by atoms with E-state index in [9.17, 15) is 22.4 Å². The van der Waals surface area contributed by atoms with Crippen LogP contribution in [0.4, 0.5) is 34.1 Å². The maximum absolute atomic E-state index is 14.3. The zero-order chi connectivity index (χ0) is 32.5. The van der Waals surface area contributed by atoms with Gasteiger partial charge in [-0.25, -0.2) is 34.1 Å². The summed E-state index contributed by atoms with van der Waals surface area (Å²) in [4.78, 5) is 35.5. The summed E-state index contributed by atoms with van der Waals surface area (Å²) in [6, 6.07) is 3.12. The van der Waals surface area contributed by atoms with Crippen molar-refractivity contribution in [1.29, 1.82) is 0 Å². The Kier molecular flexibility index (Phi) is 8.63. The highest BCUT2D eigenvalue weighted by molar-refractivity contribution is 6.32. The molecule has 12 nitrogen and oxygen atoms in total. The van der Waals surface area contributed by atoms with Gasteiger partial charge < -0.3 is 14.8 Å². The first kappa shape index (κ1) is 31.4. The first-order valence-corrected chi connectivity index (χ1v) is 14.8. The zero-order valence-electron chi connectivity index (χ0n) is 24.4. The molecule has 0 unspecified atom stereocenters. The summed E-state index contributed by atoms with van der Waals surface area (Å²) in [5, 5.41) is 9.26. The van der Waals surface area contributed by atoms with Crippen molar-refractivity contribution in [3.8, 4) is 28.5 Å². The van der Waals surface area contributed by atoms with Crippen LogP contribution in [0.3, 0.4) is 0 Å². The Balaban J connectivity index is 1.17. The monoisotopic (exact) mass is 661 g/mol. The summed E-state index contributed by atoms with van der Waals surface area (Å²) in [7, 11) is 1.47. The van der Waals surface area contributed by atoms with Crippen LogP contribution in [-0.2, 0) is 10.9 Å². The molecule has 2 saturated carbocycles. The fourth-order valence-corrected chi connectivity index (χ4v) is 5.37. The average Bonchev–Trinajstić information content (AvgIpc) is 3.64. The van der Waals surface area contributed by atoms with Gasteiger partial charge in [0.15, 0.2) is 0 Å². The van der Waals surface area contributed by atoms with Crippen LogP contribution in [-0.4, -0.2) is 72.7 Å². The second kappa shape index (κ2) is 12.7. The Morgan fingerprint density at radius 3 is 2.35 bits per heavy atom. The number of carbonyl (C=O) groups excluding carboxylic acids is 1. The molecule has 0 aliphatic heterocycles. The number of halogens is 5. The fraction of sp³-hybridized carbons (Fsp3) is 0.414. The van der Waals surface area contributed by atoms with E-state index in [0.717, 1.165) is 0 Å². The van der Waals surface area contributed by atoms with Crippen LogP contribution < -0.4 is 15.0 Å². The van der Waals surface area contributed by atoms with E-state index < -0.39 is 29.2 Å². The van der Waals surface area contributed by atoms with Gasteiger partial charge in [0, 0.05) is 48.0 Å². The molecule has 2 N–H and O–H groups in total. The molecule has 17 heteroatoms. The molecule has 0 bridgehead atoms. The lowest BCUT2D eigenvalue weighted by Crippen LogP contribution is -2.45. The Morgan fingerprint density at radius 1 is 1.04 bits per heavy atom. The number of carbonyl (C=O) groups is 1. The Hall–Kier alpha value is -4.60. The summed E-state index contributed by atoms with van der Waals surface area (Å²) in [6.45, 7) is -0.339. The van der Waals surface area contributed by atoms with Crippen LogP contribution in [0.25, 0.3) is 22.5 Å². The molecular formula is C29H28ClF4N9O3. The number of ether oxygens (including phenoxy) is 2. The van der Waals surface area contributed by atoms with Crippen LogP contribution in [0.2, 0.25) is 5.02 Å². The third-order valence-electron chi connectivity index (χ3n) is 7.90. The topological polar surface area (TPSA) is 144 Å². The number of aromatic amines is 1. The van der Waals surface area contributed by atoms with E-state index in [-0.39, 0.29) is 41.4 Å². The molecule has 2 fully saturated rings. The number of nitrogens with zero attached hydrogens (tertiary/aromatic N) is 7. The van der Waals surface area contributed by atoms with Crippen molar-refractivity contribution >= 4 is 29.5 Å². The number of alkyl halides is 4. The van der Waals surface area contributed by atoms with Crippen molar-refractivity contribution in [1.82, 2.24) is 35.1 Å². The number of hydrogen-bond acceptors (Lipinski definition) is 10. The molecule has 0 radical (unpaired) electrons. The third-order valence-corrected chi connectivity index (χ3v) is 8.19. The normalized spacial score (nSPS) is 18.9. The van der Waals surface area contributed by atoms with Crippen molar-refractivity contribution in [2.45, 2.75) is 62.5 Å². The van der Waals surface area contributed by atoms with E-state index in [4.69, 9.17) is 21.1 Å². The number of rotatable bonds is 9. The van der Waals surface area contributed by atoms with E-state index in [1.54, 1.807) is 30.7 Å². The second-order valence-electron chi connectivity index (χ2n) is 11.1. The number of hydrogen-bond donors (Lipinski definition) is 2. The van der Waals surface area contributed by atoms with E-state index in [1.807, 2.05) is 0 Å². The molecule has 2 aliphatic rings. The highest BCUT2D eigenvalue weighted by Gasteiger charge is 2.45. The molecule has 2 aliphatic carbocycles. The average molecular weight is 662 g/mol. The molecule has 6 rings (SSSR count). The minimum atomic E-state index is -4.71. The van der Waals surface area contributed by atoms with E-state index in [0.29, 0.717) is 61.7 Å². The molecule has 0 saturated heterocycles. The van der Waals surface area contributed by atoms with Gasteiger partial charge in [-0.1, -0.05) is 11.6 Å². The number of nitrogens with one attached hydrogen (secondary N) is 2. The van der Waals surface area contributed by atoms with Crippen molar-refractivity contribution in [2.24, 2.45) is 0 Å². The van der Waals surface area contributed by atoms with Crippen LogP contribution in [0.5, 0.6) is 6.01 Å². The molecule has 242 valence electrons. The van der Waals surface area contributed by atoms with Gasteiger partial charge in [-0.3, -0.25) is 10.00 Å². The number of H-pyrrole nitrogens is 1. The molecule has 0 atom stereocenters. The maximum atomic E-state index is 14.3. The van der Waals surface area contributed by atoms with Gasteiger partial charge in [0.25, 0.3) is 0 Å². The highest BCUT2D eigenvalue weighted by Crippen LogP contribution is 2.41. The maximum Gasteiger partial charge on any atom is 0.420 e. The van der Waals surface area contributed by atoms with E-state index in [1.165, 1.54) is 18.2 Å². The predicted octanol–water partition coefficient (Wildman–Crippen LogP) is 6.27. The largest absolute Gasteiger partial charge is 0.467 e. The Bertz CT molecular complexity index is 1680. The van der Waals surface area contributed by atoms with Crippen LogP contribution >= 0.6 is 11.6 Å². The predicted molar refractivity (Wildman–Crippen MR) is 158 cm³/mol. The van der Waals surface area contributed by atoms with Crippen LogP contribution in [0.1, 0.15) is 44.1 Å². The third kappa shape index (κ3) is 6.95. The minimum absolute atomic E-state index is 0.00849. The second-order valence-corrected chi connectivity index (χ2v) is 11.5. The number of aromatic nitrogens is 7. The summed E-state index contributed by atoms with van der Waals surface area (Å²) >= 11 is 6.04. The molecule has 1 amide bonds. The molecule has 0 aromatic carbocycles. The van der Waals surface area contributed by atoms with Gasteiger partial charge in [-0.2, -0.15) is 18.3 Å². The molecule has 46 heavy (non-hydrogen) atoms. The first-order valence-electron chi connectivity index (χ1n) is 14.4. The van der Waals surface area contributed by atoms with Gasteiger partial charge >= 0.3 is 18.3 Å². The van der Waals surface area contributed by atoms with E-state index >= 15 is 0 Å². The van der Waals surface area contributed by atoms with Crippen molar-refractivity contribution in [2.75, 3.05) is 23.9 Å². The lowest BCUT2D eigenvalue weighted by atomic mass is 9.90. The summed E-state index contributed by atoms with van der Waals surface area (Å²) in [5.41, 5.74) is -1.64. The molecule has 4 heterocycles. The standard InChI is InChI=1S/C29H28ClF4N9O3/c1-45-26-37-11-17(12-38-26)16-2-7-22(35-10-16)43(27(44)46-15-28(31)8-9-28)19-5-3-18(4-6-19)40-25-36-13-20(29(32,33)34)23(41-25)24-21(30)14-39-42-24/h2,7,10-14,18-19H,3-6,8-9,15H2,1H3,(H,39,42)(H,36,40,41). The molecule has 4 aromatic heterocycles. The lowest BCUT2D eigenvalue weighted by molar-refractivity contribution is -0.137. The smallest absolute Gasteiger partial charge is 0.420 e. The zero-order valence-corrected chi connectivity index (χ0v) is 25.1. The van der Waals surface area contributed by atoms with Gasteiger partial charge in [-0.15, -0.1) is 0 Å². The van der Waals surface area contributed by atoms with Gasteiger partial charge in [0.05, 0.1) is 18.3 Å². The number of anilines is 2. The molecule has 4 aromatic rings. The van der Waals surface area contributed by atoms with Gasteiger partial charge in [0.1, 0.15) is 35.0 Å². The number of methoxy groups -OCH3 is 1. The SMILES string of the molecule is COc1ncc(-c2ccc(N(C(=O)OCC3(F)CC3)C3CCC(Nc4ncc(C(F)(F)F)c(-c5[nH]ncc5Cl)n4)CC3)nc2)cn1.